The zero-order valence-corrected chi connectivity index (χ0v) is 6.54. The van der Waals surface area contributed by atoms with Crippen LogP contribution < -0.4 is 0 Å². The fourth-order valence-electron chi connectivity index (χ4n) is 1.40. The Morgan fingerprint density at radius 3 is 2.75 bits per heavy atom. The first kappa shape index (κ1) is 9.38. The van der Waals surface area contributed by atoms with E-state index in [1.807, 2.05) is 0 Å². The molecule has 1 aliphatic rings. The van der Waals surface area contributed by atoms with Gasteiger partial charge in [0.25, 0.3) is 0 Å². The number of carbonyl (C=O) groups is 1. The van der Waals surface area contributed by atoms with Crippen LogP contribution in [0, 0.1) is 5.92 Å². The molecule has 3 nitrogen and oxygen atoms in total. The van der Waals surface area contributed by atoms with E-state index in [-0.39, 0.29) is 13.1 Å². The summed E-state index contributed by atoms with van der Waals surface area (Å²) < 4.78 is 24.2. The lowest BCUT2D eigenvalue weighted by molar-refractivity contribution is -0.138. The second-order valence-electron chi connectivity index (χ2n) is 3.01. The molecule has 0 radical (unpaired) electrons. The van der Waals surface area contributed by atoms with Crippen molar-refractivity contribution in [3.8, 4) is 0 Å². The Hall–Kier alpha value is -0.710. The molecule has 1 aliphatic heterocycles. The standard InChI is InChI=1S/C7H11F2NO2/c8-7(9)5-1-2-10(3-5)4-6(11)12/h5,7H,1-4H2,(H,11,12)/t5-/m0/s1. The van der Waals surface area contributed by atoms with E-state index in [0.717, 1.165) is 0 Å². The fourth-order valence-corrected chi connectivity index (χ4v) is 1.40. The third-order valence-corrected chi connectivity index (χ3v) is 2.02. The van der Waals surface area contributed by atoms with E-state index < -0.39 is 18.3 Å². The van der Waals surface area contributed by atoms with Gasteiger partial charge in [-0.1, -0.05) is 0 Å². The molecule has 0 spiro atoms. The molecule has 0 aliphatic carbocycles. The van der Waals surface area contributed by atoms with Crippen molar-refractivity contribution in [3.05, 3.63) is 0 Å². The quantitative estimate of drug-likeness (QED) is 0.691. The molecule has 1 rings (SSSR count). The van der Waals surface area contributed by atoms with Gasteiger partial charge >= 0.3 is 5.97 Å². The van der Waals surface area contributed by atoms with Crippen molar-refractivity contribution in [1.82, 2.24) is 4.90 Å². The summed E-state index contributed by atoms with van der Waals surface area (Å²) in [6.45, 7) is 0.564. The first-order chi connectivity index (χ1) is 5.59. The zero-order valence-electron chi connectivity index (χ0n) is 6.54. The highest BCUT2D eigenvalue weighted by Gasteiger charge is 2.29. The van der Waals surface area contributed by atoms with Crippen LogP contribution in [0.5, 0.6) is 0 Å². The van der Waals surface area contributed by atoms with Crippen LogP contribution in [0.1, 0.15) is 6.42 Å². The highest BCUT2D eigenvalue weighted by Crippen LogP contribution is 2.21. The van der Waals surface area contributed by atoms with Gasteiger partial charge in [0.1, 0.15) is 0 Å². The molecule has 0 aromatic heterocycles. The number of alkyl halides is 2. The Bertz CT molecular complexity index is 175. The molecule has 1 N–H and O–H groups in total. The van der Waals surface area contributed by atoms with Crippen LogP contribution in [-0.4, -0.2) is 42.0 Å². The van der Waals surface area contributed by atoms with Gasteiger partial charge in [0.05, 0.1) is 6.54 Å². The molecule has 12 heavy (non-hydrogen) atoms. The second-order valence-corrected chi connectivity index (χ2v) is 3.01. The lowest BCUT2D eigenvalue weighted by Gasteiger charge is -2.12. The van der Waals surface area contributed by atoms with Crippen LogP contribution >= 0.6 is 0 Å². The van der Waals surface area contributed by atoms with Gasteiger partial charge in [-0.2, -0.15) is 0 Å². The predicted molar refractivity (Wildman–Crippen MR) is 38.2 cm³/mol. The minimum atomic E-state index is -2.32. The average molecular weight is 179 g/mol. The smallest absolute Gasteiger partial charge is 0.317 e. The third-order valence-electron chi connectivity index (χ3n) is 2.02. The Morgan fingerprint density at radius 1 is 1.67 bits per heavy atom. The lowest BCUT2D eigenvalue weighted by atomic mass is 10.1. The van der Waals surface area contributed by atoms with E-state index in [0.29, 0.717) is 13.0 Å². The van der Waals surface area contributed by atoms with Crippen molar-refractivity contribution in [2.24, 2.45) is 5.92 Å². The Kier molecular flexibility index (Phi) is 2.97. The molecule has 0 unspecified atom stereocenters. The van der Waals surface area contributed by atoms with Crippen molar-refractivity contribution in [2.75, 3.05) is 19.6 Å². The summed E-state index contributed by atoms with van der Waals surface area (Å²) in [6.07, 6.45) is -1.91. The summed E-state index contributed by atoms with van der Waals surface area (Å²) >= 11 is 0. The van der Waals surface area contributed by atoms with Crippen LogP contribution in [0.25, 0.3) is 0 Å². The fraction of sp³-hybridized carbons (Fsp3) is 0.857. The van der Waals surface area contributed by atoms with E-state index in [2.05, 4.69) is 0 Å². The molecule has 0 aromatic carbocycles. The normalized spacial score (nSPS) is 25.1. The van der Waals surface area contributed by atoms with Gasteiger partial charge in [-0.05, 0) is 13.0 Å². The first-order valence-corrected chi connectivity index (χ1v) is 3.82. The summed E-state index contributed by atoms with van der Waals surface area (Å²) in [5.74, 6) is -1.59. The number of likely N-dealkylation sites (tertiary alicyclic amines) is 1. The van der Waals surface area contributed by atoms with Gasteiger partial charge in [-0.3, -0.25) is 9.69 Å². The van der Waals surface area contributed by atoms with E-state index in [9.17, 15) is 13.6 Å². The SMILES string of the molecule is O=C(O)CN1CC[C@H](C(F)F)C1. The molecular formula is C7H11F2NO2. The highest BCUT2D eigenvalue weighted by atomic mass is 19.3. The number of hydrogen-bond acceptors (Lipinski definition) is 2. The zero-order chi connectivity index (χ0) is 9.14. The van der Waals surface area contributed by atoms with Crippen LogP contribution in [0.4, 0.5) is 8.78 Å². The number of rotatable bonds is 3. The number of carboxylic acids is 1. The molecular weight excluding hydrogens is 168 g/mol. The van der Waals surface area contributed by atoms with Gasteiger partial charge in [-0.15, -0.1) is 0 Å². The second kappa shape index (κ2) is 3.80. The van der Waals surface area contributed by atoms with Crippen LogP contribution in [0.2, 0.25) is 0 Å². The molecule has 70 valence electrons. The summed E-state index contributed by atoms with van der Waals surface area (Å²) in [4.78, 5) is 11.7. The summed E-state index contributed by atoms with van der Waals surface area (Å²) in [5, 5.41) is 8.37. The molecule has 1 heterocycles. The summed E-state index contributed by atoms with van der Waals surface area (Å²) in [6, 6.07) is 0. The highest BCUT2D eigenvalue weighted by molar-refractivity contribution is 5.69. The number of halogens is 2. The molecule has 1 atom stereocenters. The Labute approximate surface area is 69.0 Å². The monoisotopic (exact) mass is 179 g/mol. The van der Waals surface area contributed by atoms with Crippen LogP contribution in [0.15, 0.2) is 0 Å². The number of nitrogens with zero attached hydrogens (tertiary/aromatic N) is 1. The van der Waals surface area contributed by atoms with Crippen molar-refractivity contribution >= 4 is 5.97 Å². The van der Waals surface area contributed by atoms with Gasteiger partial charge in [0.15, 0.2) is 0 Å². The third kappa shape index (κ3) is 2.41. The summed E-state index contributed by atoms with van der Waals surface area (Å²) in [7, 11) is 0. The molecule has 1 saturated heterocycles. The van der Waals surface area contributed by atoms with Crippen molar-refractivity contribution in [1.29, 1.82) is 0 Å². The van der Waals surface area contributed by atoms with Crippen molar-refractivity contribution in [3.63, 3.8) is 0 Å². The molecule has 1 fully saturated rings. The minimum absolute atomic E-state index is 0.122. The first-order valence-electron chi connectivity index (χ1n) is 3.82. The van der Waals surface area contributed by atoms with Crippen LogP contribution in [-0.2, 0) is 4.79 Å². The van der Waals surface area contributed by atoms with Gasteiger partial charge < -0.3 is 5.11 Å². The molecule has 5 heteroatoms. The maximum atomic E-state index is 12.1. The lowest BCUT2D eigenvalue weighted by Crippen LogP contribution is -2.28. The van der Waals surface area contributed by atoms with E-state index in [4.69, 9.17) is 5.11 Å². The van der Waals surface area contributed by atoms with Gasteiger partial charge in [0, 0.05) is 12.5 Å². The molecule has 0 aromatic rings. The van der Waals surface area contributed by atoms with E-state index in [1.54, 1.807) is 4.90 Å². The number of hydrogen-bond donors (Lipinski definition) is 1. The van der Waals surface area contributed by atoms with Crippen LogP contribution in [0.3, 0.4) is 0 Å². The minimum Gasteiger partial charge on any atom is -0.480 e. The van der Waals surface area contributed by atoms with E-state index >= 15 is 0 Å². The Balaban J connectivity index is 2.30. The number of aliphatic carboxylic acids is 1. The topological polar surface area (TPSA) is 40.5 Å². The molecule has 0 saturated carbocycles. The molecule has 0 amide bonds. The maximum absolute atomic E-state index is 12.1. The number of carboxylic acid groups (broad SMARTS) is 1. The molecule has 0 bridgehead atoms. The predicted octanol–water partition coefficient (Wildman–Crippen LogP) is 0.658. The average Bonchev–Trinajstić information content (AvgIpc) is 2.34. The largest absolute Gasteiger partial charge is 0.480 e. The van der Waals surface area contributed by atoms with E-state index in [1.165, 1.54) is 0 Å². The van der Waals surface area contributed by atoms with Crippen molar-refractivity contribution in [2.45, 2.75) is 12.8 Å². The Morgan fingerprint density at radius 2 is 2.33 bits per heavy atom. The summed E-state index contributed by atoms with van der Waals surface area (Å²) in [5.41, 5.74) is 0. The van der Waals surface area contributed by atoms with Gasteiger partial charge in [-0.25, -0.2) is 8.78 Å². The van der Waals surface area contributed by atoms with Gasteiger partial charge in [0.2, 0.25) is 6.43 Å². The van der Waals surface area contributed by atoms with Crippen molar-refractivity contribution < 1.29 is 18.7 Å². The maximum Gasteiger partial charge on any atom is 0.317 e.